The normalized spacial score (nSPS) is 14.4. The fourth-order valence-corrected chi connectivity index (χ4v) is 4.32. The van der Waals surface area contributed by atoms with Gasteiger partial charge in [0.25, 0.3) is 0 Å². The Balaban J connectivity index is 2.47. The summed E-state index contributed by atoms with van der Waals surface area (Å²) < 4.78 is 7.38. The molecule has 12 heteroatoms. The number of hydrogen-bond acceptors (Lipinski definition) is 7. The van der Waals surface area contributed by atoms with Crippen LogP contribution in [0, 0.1) is 11.8 Å². The van der Waals surface area contributed by atoms with Gasteiger partial charge in [0.2, 0.25) is 0 Å². The number of carbonyl (C=O) groups excluding carboxylic acids is 2. The highest BCUT2D eigenvalue weighted by molar-refractivity contribution is 5.86. The minimum absolute atomic E-state index is 0.0930. The first-order chi connectivity index (χ1) is 19.8. The van der Waals surface area contributed by atoms with E-state index in [1.54, 1.807) is 0 Å². The molecule has 0 heterocycles. The molecule has 0 aliphatic carbocycles. The number of unbranched alkanes of at least 4 members (excludes halogenated alkanes) is 1. The van der Waals surface area contributed by atoms with Gasteiger partial charge in [0.05, 0.1) is 0 Å². The molecule has 1 rings (SSSR count). The molecule has 0 aliphatic rings. The van der Waals surface area contributed by atoms with Crippen LogP contribution in [0.5, 0.6) is 0 Å². The molecule has 4 atom stereocenters. The summed E-state index contributed by atoms with van der Waals surface area (Å²) in [5.74, 6) is -3.62. The van der Waals surface area contributed by atoms with E-state index in [-0.39, 0.29) is 30.5 Å². The molecule has 0 spiro atoms. The number of nitrogens with two attached hydrogens (primary N) is 1. The van der Waals surface area contributed by atoms with Gasteiger partial charge < -0.3 is 37.0 Å². The van der Waals surface area contributed by atoms with E-state index in [4.69, 9.17) is 11.6 Å². The molecular weight excluding hydrogens is 532 g/mol. The summed E-state index contributed by atoms with van der Waals surface area (Å²) in [5, 5.41) is 34.9. The Bertz CT molecular complexity index is 1020. The lowest BCUT2D eigenvalue weighted by atomic mass is 9.89. The van der Waals surface area contributed by atoms with Gasteiger partial charge in [0, 0.05) is 18.8 Å². The number of urea groups is 1. The second-order valence-electron chi connectivity index (χ2n) is 10.8. The largest absolute Gasteiger partial charge is 0.481 e. The summed E-state index contributed by atoms with van der Waals surface area (Å²) in [7, 11) is 0. The first-order valence-electron chi connectivity index (χ1n) is 14.5. The number of ketones is 1. The minimum Gasteiger partial charge on any atom is -0.481 e. The summed E-state index contributed by atoms with van der Waals surface area (Å²) in [6, 6.07) is 4.42. The molecule has 230 valence electrons. The maximum Gasteiger partial charge on any atom is 0.326 e. The van der Waals surface area contributed by atoms with Gasteiger partial charge in [-0.15, -0.1) is 0 Å². The molecule has 0 radical (unpaired) electrons. The highest BCUT2D eigenvalue weighted by atomic mass is 16.4. The van der Waals surface area contributed by atoms with Crippen molar-refractivity contribution in [1.82, 2.24) is 16.0 Å². The van der Waals surface area contributed by atoms with Crippen LogP contribution in [0.3, 0.4) is 0 Å². The first-order valence-corrected chi connectivity index (χ1v) is 14.0. The van der Waals surface area contributed by atoms with Crippen molar-refractivity contribution < 1.29 is 40.7 Å². The van der Waals surface area contributed by atoms with Gasteiger partial charge in [-0.3, -0.25) is 9.59 Å². The molecule has 0 aromatic heterocycles. The number of nitrogens with one attached hydrogen (secondary N) is 3. The number of amides is 2. The number of aliphatic carboxylic acids is 3. The summed E-state index contributed by atoms with van der Waals surface area (Å²) in [5.41, 5.74) is 4.59. The SMILES string of the molecule is [2H]NCC(CNCCCCC(NC(=O)NC(CCC(=O)O)C(=O)O)C(=O)O)CC(=O)C(C)c1ccc(CC(C)C)cc1. The molecule has 41 heavy (non-hydrogen) atoms. The van der Waals surface area contributed by atoms with Gasteiger partial charge in [0.15, 0.2) is 0 Å². The summed E-state index contributed by atoms with van der Waals surface area (Å²) in [6.07, 6.45) is 1.60. The molecule has 0 bridgehead atoms. The van der Waals surface area contributed by atoms with Crippen LogP contribution in [0.4, 0.5) is 4.79 Å². The van der Waals surface area contributed by atoms with E-state index < -0.39 is 42.4 Å². The van der Waals surface area contributed by atoms with Crippen molar-refractivity contribution in [2.24, 2.45) is 17.6 Å². The number of benzene rings is 1. The lowest BCUT2D eigenvalue weighted by molar-refractivity contribution is -0.140. The molecule has 1 aromatic carbocycles. The van der Waals surface area contributed by atoms with Crippen LogP contribution >= 0.6 is 0 Å². The van der Waals surface area contributed by atoms with E-state index in [9.17, 15) is 29.1 Å². The quantitative estimate of drug-likeness (QED) is 0.0997. The number of carboxylic acid groups (broad SMARTS) is 3. The lowest BCUT2D eigenvalue weighted by Gasteiger charge is -2.19. The smallest absolute Gasteiger partial charge is 0.326 e. The lowest BCUT2D eigenvalue weighted by Crippen LogP contribution is -2.51. The van der Waals surface area contributed by atoms with E-state index in [1.165, 1.54) is 5.56 Å². The summed E-state index contributed by atoms with van der Waals surface area (Å²) >= 11 is 0. The van der Waals surface area contributed by atoms with Gasteiger partial charge in [-0.25, -0.2) is 14.4 Å². The van der Waals surface area contributed by atoms with Crippen molar-refractivity contribution >= 4 is 29.7 Å². The third kappa shape index (κ3) is 14.6. The molecule has 8 N–H and O–H groups in total. The molecule has 0 saturated heterocycles. The van der Waals surface area contributed by atoms with Crippen LogP contribution in [0.15, 0.2) is 24.3 Å². The van der Waals surface area contributed by atoms with E-state index in [0.29, 0.717) is 44.8 Å². The topological polar surface area (TPSA) is 208 Å². The van der Waals surface area contributed by atoms with Crippen LogP contribution in [0.1, 0.15) is 76.3 Å². The predicted molar refractivity (Wildman–Crippen MR) is 154 cm³/mol. The summed E-state index contributed by atoms with van der Waals surface area (Å²) in [4.78, 5) is 58.5. The molecule has 2 amide bonds. The molecule has 0 saturated carbocycles. The predicted octanol–water partition coefficient (Wildman–Crippen LogP) is 2.35. The zero-order chi connectivity index (χ0) is 31.7. The second kappa shape index (κ2) is 18.8. The highest BCUT2D eigenvalue weighted by Gasteiger charge is 2.25. The fourth-order valence-electron chi connectivity index (χ4n) is 4.32. The van der Waals surface area contributed by atoms with Crippen LogP contribution in [0.25, 0.3) is 0 Å². The van der Waals surface area contributed by atoms with Gasteiger partial charge >= 0.3 is 23.9 Å². The number of hydrogen-bond donors (Lipinski definition) is 7. The Morgan fingerprint density at radius 3 is 2.05 bits per heavy atom. The van der Waals surface area contributed by atoms with Crippen molar-refractivity contribution in [2.45, 2.75) is 83.7 Å². The second-order valence-corrected chi connectivity index (χ2v) is 10.8. The zero-order valence-electron chi connectivity index (χ0n) is 25.2. The van der Waals surface area contributed by atoms with Crippen LogP contribution in [-0.4, -0.2) is 76.8 Å². The van der Waals surface area contributed by atoms with Gasteiger partial charge in [-0.1, -0.05) is 45.0 Å². The van der Waals surface area contributed by atoms with Gasteiger partial charge in [-0.05, 0) is 74.7 Å². The van der Waals surface area contributed by atoms with Crippen molar-refractivity contribution in [2.75, 3.05) is 19.6 Å². The van der Waals surface area contributed by atoms with Crippen LogP contribution in [0.2, 0.25) is 1.41 Å². The van der Waals surface area contributed by atoms with Crippen LogP contribution in [-0.2, 0) is 25.6 Å². The van der Waals surface area contributed by atoms with E-state index in [1.807, 2.05) is 19.1 Å². The Hall–Kier alpha value is -3.51. The van der Waals surface area contributed by atoms with E-state index >= 15 is 0 Å². The van der Waals surface area contributed by atoms with Crippen LogP contribution < -0.4 is 21.7 Å². The van der Waals surface area contributed by atoms with Gasteiger partial charge in [-0.2, -0.15) is 0 Å². The highest BCUT2D eigenvalue weighted by Crippen LogP contribution is 2.21. The zero-order valence-corrected chi connectivity index (χ0v) is 24.2. The summed E-state index contributed by atoms with van der Waals surface area (Å²) in [6.45, 7) is 7.58. The first kappa shape index (κ1) is 33.7. The molecule has 12 nitrogen and oxygen atoms in total. The van der Waals surface area contributed by atoms with Crippen molar-refractivity contribution in [1.29, 1.82) is 0 Å². The maximum atomic E-state index is 13.0. The average molecular weight is 580 g/mol. The van der Waals surface area contributed by atoms with E-state index in [2.05, 4.69) is 47.7 Å². The standard InChI is InChI=1S/C29H46N4O8/c1-18(2)14-20-7-9-22(10-8-20)19(3)25(34)15-21(16-30)17-31-13-5-4-6-23(27(37)38)32-29(41)33-24(28(39)40)11-12-26(35)36/h7-10,18-19,21,23-24,31H,4-6,11-17,30H2,1-3H3,(H,35,36)(H,37,38)(H,39,40)(H2,32,33,41)/i/hD. The third-order valence-corrected chi connectivity index (χ3v) is 6.77. The average Bonchev–Trinajstić information content (AvgIpc) is 2.91. The fraction of sp³-hybridized carbons (Fsp3) is 0.621. The Morgan fingerprint density at radius 2 is 1.51 bits per heavy atom. The molecular formula is C29H46N4O8. The Labute approximate surface area is 242 Å². The third-order valence-electron chi connectivity index (χ3n) is 6.77. The molecule has 4 unspecified atom stereocenters. The molecule has 0 fully saturated rings. The van der Waals surface area contributed by atoms with Crippen molar-refractivity contribution in [3.63, 3.8) is 0 Å². The minimum atomic E-state index is -1.46. The Morgan fingerprint density at radius 1 is 0.902 bits per heavy atom. The monoisotopic (exact) mass is 579 g/mol. The number of carbonyl (C=O) groups is 5. The number of rotatable bonds is 22. The Kier molecular flexibility index (Phi) is 15.4. The maximum absolute atomic E-state index is 13.0. The van der Waals surface area contributed by atoms with Gasteiger partial charge in [0.1, 0.15) is 19.3 Å². The number of Topliss-reactive ketones (excluding diaryl/α,β-unsaturated/α-hetero) is 1. The van der Waals surface area contributed by atoms with Crippen molar-refractivity contribution in [3.8, 4) is 0 Å². The van der Waals surface area contributed by atoms with Crippen molar-refractivity contribution in [3.05, 3.63) is 35.4 Å². The number of carboxylic acids is 3. The molecule has 0 aliphatic heterocycles. The molecule has 1 aromatic rings. The van der Waals surface area contributed by atoms with E-state index in [0.717, 1.165) is 12.0 Å².